The van der Waals surface area contributed by atoms with E-state index < -0.39 is 0 Å². The molecule has 2 aromatic carbocycles. The summed E-state index contributed by atoms with van der Waals surface area (Å²) in [5.74, 6) is 1.75. The van der Waals surface area contributed by atoms with Gasteiger partial charge in [-0.15, -0.1) is 0 Å². The number of hydrogen-bond acceptors (Lipinski definition) is 5. The summed E-state index contributed by atoms with van der Waals surface area (Å²) in [5, 5.41) is 8.47. The Labute approximate surface area is 156 Å². The molecule has 0 fully saturated rings. The second-order valence-electron chi connectivity index (χ2n) is 6.12. The molecule has 0 N–H and O–H groups in total. The first-order valence-electron chi connectivity index (χ1n) is 8.28. The van der Waals surface area contributed by atoms with Crippen molar-refractivity contribution in [2.24, 2.45) is 0 Å². The highest BCUT2D eigenvalue weighted by atomic mass is 32.1. The number of rotatable bonds is 4. The Balaban J connectivity index is 1.70. The molecular formula is C21H18N2O2S. The number of nitrogens with zero attached hydrogens (tertiary/aromatic N) is 2. The maximum atomic E-state index is 5.50. The first-order valence-corrected chi connectivity index (χ1v) is 9.23. The number of benzene rings is 2. The average Bonchev–Trinajstić information content (AvgIpc) is 3.31. The van der Waals surface area contributed by atoms with E-state index in [0.717, 1.165) is 16.9 Å². The minimum absolute atomic E-state index is 0.502. The van der Waals surface area contributed by atoms with Crippen LogP contribution in [-0.2, 0) is 0 Å². The smallest absolute Gasteiger partial charge is 0.258 e. The van der Waals surface area contributed by atoms with E-state index in [0.29, 0.717) is 11.7 Å². The van der Waals surface area contributed by atoms with Crippen LogP contribution in [0.5, 0.6) is 5.75 Å². The van der Waals surface area contributed by atoms with Crippen molar-refractivity contribution in [3.05, 3.63) is 64.4 Å². The van der Waals surface area contributed by atoms with Crippen LogP contribution < -0.4 is 4.74 Å². The van der Waals surface area contributed by atoms with Gasteiger partial charge in [-0.2, -0.15) is 16.3 Å². The van der Waals surface area contributed by atoms with E-state index in [1.54, 1.807) is 18.4 Å². The van der Waals surface area contributed by atoms with Gasteiger partial charge in [-0.05, 0) is 71.1 Å². The van der Waals surface area contributed by atoms with Gasteiger partial charge in [0.1, 0.15) is 5.75 Å². The number of ether oxygens (including phenoxy) is 1. The summed E-state index contributed by atoms with van der Waals surface area (Å²) in [4.78, 5) is 4.55. The van der Waals surface area contributed by atoms with Gasteiger partial charge in [0.2, 0.25) is 5.82 Å². The van der Waals surface area contributed by atoms with Crippen LogP contribution in [0.2, 0.25) is 0 Å². The monoisotopic (exact) mass is 362 g/mol. The summed E-state index contributed by atoms with van der Waals surface area (Å²) in [5.41, 5.74) is 6.71. The highest BCUT2D eigenvalue weighted by Gasteiger charge is 2.15. The molecule has 0 aliphatic rings. The number of aromatic nitrogens is 2. The Morgan fingerprint density at radius 2 is 1.77 bits per heavy atom. The van der Waals surface area contributed by atoms with Gasteiger partial charge < -0.3 is 9.26 Å². The summed E-state index contributed by atoms with van der Waals surface area (Å²) in [6.07, 6.45) is 0. The predicted octanol–water partition coefficient (Wildman–Crippen LogP) is 5.76. The van der Waals surface area contributed by atoms with Gasteiger partial charge in [0.05, 0.1) is 12.7 Å². The molecule has 5 heteroatoms. The number of aryl methyl sites for hydroxylation is 2. The molecule has 0 radical (unpaired) electrons. The molecule has 0 saturated carbocycles. The number of hydrogen-bond donors (Lipinski definition) is 0. The molecule has 0 aliphatic heterocycles. The third kappa shape index (κ3) is 2.91. The van der Waals surface area contributed by atoms with Crippen molar-refractivity contribution >= 4 is 11.3 Å². The third-order valence-corrected chi connectivity index (χ3v) is 5.25. The first-order chi connectivity index (χ1) is 12.7. The minimum Gasteiger partial charge on any atom is -0.496 e. The third-order valence-electron chi connectivity index (χ3n) is 4.39. The predicted molar refractivity (Wildman–Crippen MR) is 105 cm³/mol. The van der Waals surface area contributed by atoms with Crippen LogP contribution in [0.15, 0.2) is 57.7 Å². The van der Waals surface area contributed by atoms with E-state index in [-0.39, 0.29) is 0 Å². The Morgan fingerprint density at radius 3 is 2.50 bits per heavy atom. The molecule has 0 saturated heterocycles. The maximum Gasteiger partial charge on any atom is 0.258 e. The molecule has 4 nitrogen and oxygen atoms in total. The van der Waals surface area contributed by atoms with E-state index in [4.69, 9.17) is 9.26 Å². The summed E-state index contributed by atoms with van der Waals surface area (Å²) < 4.78 is 10.9. The van der Waals surface area contributed by atoms with E-state index in [1.165, 1.54) is 22.3 Å². The zero-order valence-electron chi connectivity index (χ0n) is 14.8. The van der Waals surface area contributed by atoms with E-state index in [9.17, 15) is 0 Å². The van der Waals surface area contributed by atoms with Crippen molar-refractivity contribution < 1.29 is 9.26 Å². The molecule has 0 aliphatic carbocycles. The molecule has 4 rings (SSSR count). The molecule has 0 amide bonds. The molecule has 0 bridgehead atoms. The Hall–Kier alpha value is -2.92. The second kappa shape index (κ2) is 6.77. The molecule has 0 spiro atoms. The fourth-order valence-corrected chi connectivity index (χ4v) is 3.86. The molecule has 0 unspecified atom stereocenters. The van der Waals surface area contributed by atoms with Crippen LogP contribution in [0, 0.1) is 13.8 Å². The van der Waals surface area contributed by atoms with Crippen LogP contribution in [-0.4, -0.2) is 17.3 Å². The average molecular weight is 362 g/mol. The summed E-state index contributed by atoms with van der Waals surface area (Å²) in [6, 6.07) is 13.9. The molecule has 0 atom stereocenters. The number of para-hydroxylation sites is 1. The van der Waals surface area contributed by atoms with Crippen molar-refractivity contribution in [1.29, 1.82) is 0 Å². The largest absolute Gasteiger partial charge is 0.496 e. The van der Waals surface area contributed by atoms with Crippen molar-refractivity contribution in [2.75, 3.05) is 7.11 Å². The van der Waals surface area contributed by atoms with Crippen molar-refractivity contribution in [3.63, 3.8) is 0 Å². The topological polar surface area (TPSA) is 48.2 Å². The molecular weight excluding hydrogens is 344 g/mol. The highest BCUT2D eigenvalue weighted by Crippen LogP contribution is 2.33. The van der Waals surface area contributed by atoms with Crippen LogP contribution in [0.1, 0.15) is 11.1 Å². The van der Waals surface area contributed by atoms with Gasteiger partial charge in [0, 0.05) is 5.56 Å². The summed E-state index contributed by atoms with van der Waals surface area (Å²) in [7, 11) is 1.63. The first kappa shape index (κ1) is 16.5. The van der Waals surface area contributed by atoms with Crippen LogP contribution in [0.4, 0.5) is 0 Å². The molecule has 26 heavy (non-hydrogen) atoms. The lowest BCUT2D eigenvalue weighted by Gasteiger charge is -2.06. The summed E-state index contributed by atoms with van der Waals surface area (Å²) in [6.45, 7) is 4.24. The van der Waals surface area contributed by atoms with Gasteiger partial charge in [0.15, 0.2) is 0 Å². The van der Waals surface area contributed by atoms with Gasteiger partial charge in [-0.25, -0.2) is 0 Å². The zero-order chi connectivity index (χ0) is 18.1. The van der Waals surface area contributed by atoms with Crippen molar-refractivity contribution in [3.8, 4) is 39.7 Å². The van der Waals surface area contributed by atoms with Crippen LogP contribution >= 0.6 is 11.3 Å². The van der Waals surface area contributed by atoms with Gasteiger partial charge in [-0.1, -0.05) is 23.4 Å². The maximum absolute atomic E-state index is 5.50. The van der Waals surface area contributed by atoms with Gasteiger partial charge in [0.25, 0.3) is 5.89 Å². The van der Waals surface area contributed by atoms with Crippen molar-refractivity contribution in [2.45, 2.75) is 13.8 Å². The lowest BCUT2D eigenvalue weighted by Crippen LogP contribution is -1.89. The van der Waals surface area contributed by atoms with E-state index in [1.807, 2.05) is 30.3 Å². The zero-order valence-corrected chi connectivity index (χ0v) is 15.6. The van der Waals surface area contributed by atoms with E-state index in [2.05, 4.69) is 46.9 Å². The van der Waals surface area contributed by atoms with Gasteiger partial charge in [-0.3, -0.25) is 0 Å². The molecule has 2 aromatic heterocycles. The van der Waals surface area contributed by atoms with Crippen LogP contribution in [0.3, 0.4) is 0 Å². The second-order valence-corrected chi connectivity index (χ2v) is 6.87. The molecule has 2 heterocycles. The highest BCUT2D eigenvalue weighted by molar-refractivity contribution is 7.08. The Morgan fingerprint density at radius 1 is 0.923 bits per heavy atom. The lowest BCUT2D eigenvalue weighted by molar-refractivity contribution is 0.413. The fourth-order valence-electron chi connectivity index (χ4n) is 3.01. The Kier molecular flexibility index (Phi) is 4.31. The van der Waals surface area contributed by atoms with Crippen molar-refractivity contribution in [1.82, 2.24) is 10.1 Å². The molecule has 4 aromatic rings. The SMILES string of the molecule is COc1ccccc1-c1noc(-c2ccc(-c3cscc3C)c(C)c2)n1. The van der Waals surface area contributed by atoms with E-state index >= 15 is 0 Å². The van der Waals surface area contributed by atoms with Gasteiger partial charge >= 0.3 is 0 Å². The quantitative estimate of drug-likeness (QED) is 0.463. The normalized spacial score (nSPS) is 10.9. The lowest BCUT2D eigenvalue weighted by atomic mass is 9.98. The Bertz CT molecular complexity index is 1070. The fraction of sp³-hybridized carbons (Fsp3) is 0.143. The summed E-state index contributed by atoms with van der Waals surface area (Å²) >= 11 is 1.72. The minimum atomic E-state index is 0.502. The number of methoxy groups -OCH3 is 1. The standard InChI is InChI=1S/C21H18N2O2S/c1-13-10-15(8-9-16(13)18-12-26-11-14(18)2)21-22-20(23-25-21)17-6-4-5-7-19(17)24-3/h4-12H,1-3H3. The number of thiophene rings is 1. The molecule has 130 valence electrons. The van der Waals surface area contributed by atoms with Crippen LogP contribution in [0.25, 0.3) is 34.0 Å².